The van der Waals surface area contributed by atoms with Crippen molar-refractivity contribution in [3.8, 4) is 11.6 Å². The highest BCUT2D eigenvalue weighted by molar-refractivity contribution is 5.49. The van der Waals surface area contributed by atoms with Crippen LogP contribution in [0.15, 0.2) is 6.07 Å². The van der Waals surface area contributed by atoms with Gasteiger partial charge in [0.05, 0.1) is 5.56 Å². The molecule has 0 fully saturated rings. The minimum atomic E-state index is -5.09. The minimum Gasteiger partial charge on any atom is -0.503 e. The van der Waals surface area contributed by atoms with Gasteiger partial charge in [-0.05, 0) is 6.07 Å². The monoisotopic (exact) mass is 244 g/mol. The summed E-state index contributed by atoms with van der Waals surface area (Å²) in [7, 11) is 0. The molecule has 9 heteroatoms. The molecular weight excluding hydrogens is 239 g/mol. The second-order valence-corrected chi connectivity index (χ2v) is 2.64. The van der Waals surface area contributed by atoms with Crippen molar-refractivity contribution in [1.29, 1.82) is 0 Å². The lowest BCUT2D eigenvalue weighted by atomic mass is 10.2. The number of aromatic hydroxyl groups is 1. The molecule has 0 aliphatic carbocycles. The highest BCUT2D eigenvalue weighted by atomic mass is 19.4. The van der Waals surface area contributed by atoms with E-state index >= 15 is 0 Å². The number of hydrogen-bond acceptors (Lipinski definition) is 4. The van der Waals surface area contributed by atoms with Gasteiger partial charge in [0.25, 0.3) is 12.3 Å². The fourth-order valence-electron chi connectivity index (χ4n) is 0.874. The predicted octanol–water partition coefficient (Wildman–Crippen LogP) is 2.21. The summed E-state index contributed by atoms with van der Waals surface area (Å²) in [6, 6.07) is 0.369. The average Bonchev–Trinajstić information content (AvgIpc) is 2.07. The molecule has 0 spiro atoms. The number of rotatable bonds is 2. The molecule has 1 aromatic rings. The topological polar surface area (TPSA) is 68.4 Å². The third-order valence-corrected chi connectivity index (χ3v) is 1.48. The first kappa shape index (κ1) is 12.3. The number of alkyl halides is 5. The molecule has 90 valence electrons. The van der Waals surface area contributed by atoms with E-state index in [2.05, 4.69) is 9.72 Å². The van der Waals surface area contributed by atoms with Gasteiger partial charge in [0.2, 0.25) is 0 Å². The Morgan fingerprint density at radius 1 is 1.38 bits per heavy atom. The number of ether oxygens (including phenoxy) is 1. The van der Waals surface area contributed by atoms with Gasteiger partial charge >= 0.3 is 6.36 Å². The van der Waals surface area contributed by atoms with Gasteiger partial charge in [-0.25, -0.2) is 8.78 Å². The van der Waals surface area contributed by atoms with Crippen molar-refractivity contribution in [2.24, 2.45) is 0 Å². The maximum absolute atomic E-state index is 12.2. The number of nitrogens with zero attached hydrogens (tertiary/aromatic N) is 1. The summed E-state index contributed by atoms with van der Waals surface area (Å²) in [5.74, 6) is -3.27. The number of aromatic nitrogens is 1. The molecule has 0 radical (unpaired) electrons. The Labute approximate surface area is 85.5 Å². The molecule has 0 saturated carbocycles. The van der Waals surface area contributed by atoms with Crippen LogP contribution in [0, 0.1) is 0 Å². The maximum Gasteiger partial charge on any atom is 0.574 e. The van der Waals surface area contributed by atoms with Crippen LogP contribution in [0.4, 0.5) is 27.8 Å². The van der Waals surface area contributed by atoms with E-state index in [0.717, 1.165) is 0 Å². The van der Waals surface area contributed by atoms with Gasteiger partial charge in [-0.15, -0.1) is 13.2 Å². The highest BCUT2D eigenvalue weighted by Gasteiger charge is 2.33. The van der Waals surface area contributed by atoms with Crippen molar-refractivity contribution in [3.63, 3.8) is 0 Å². The molecule has 0 atom stereocenters. The molecule has 1 aromatic heterocycles. The SMILES string of the molecule is Nc1nc(OC(F)(F)F)c(O)cc1C(F)F. The van der Waals surface area contributed by atoms with E-state index in [1.165, 1.54) is 0 Å². The minimum absolute atomic E-state index is 0.369. The summed E-state index contributed by atoms with van der Waals surface area (Å²) in [5.41, 5.74) is 4.09. The molecule has 0 saturated heterocycles. The van der Waals surface area contributed by atoms with Crippen LogP contribution in [0.25, 0.3) is 0 Å². The summed E-state index contributed by atoms with van der Waals surface area (Å²) in [6.45, 7) is 0. The van der Waals surface area contributed by atoms with Crippen LogP contribution in [-0.4, -0.2) is 16.5 Å². The Morgan fingerprint density at radius 2 is 1.94 bits per heavy atom. The lowest BCUT2D eigenvalue weighted by molar-refractivity contribution is -0.276. The second-order valence-electron chi connectivity index (χ2n) is 2.64. The van der Waals surface area contributed by atoms with Crippen LogP contribution >= 0.6 is 0 Å². The molecular formula is C7H5F5N2O2. The zero-order valence-electron chi connectivity index (χ0n) is 7.42. The quantitative estimate of drug-likeness (QED) is 0.782. The number of nitrogens with two attached hydrogens (primary N) is 1. The Hall–Kier alpha value is -1.80. The summed E-state index contributed by atoms with van der Waals surface area (Å²) >= 11 is 0. The Bertz CT molecular complexity index is 393. The van der Waals surface area contributed by atoms with Crippen molar-refractivity contribution in [3.05, 3.63) is 11.6 Å². The molecule has 1 heterocycles. The van der Waals surface area contributed by atoms with Crippen molar-refractivity contribution in [1.82, 2.24) is 4.98 Å². The van der Waals surface area contributed by atoms with Gasteiger partial charge in [0.15, 0.2) is 5.75 Å². The molecule has 0 bridgehead atoms. The van der Waals surface area contributed by atoms with Crippen LogP contribution in [0.5, 0.6) is 11.6 Å². The molecule has 4 nitrogen and oxygen atoms in total. The van der Waals surface area contributed by atoms with E-state index in [4.69, 9.17) is 10.8 Å². The molecule has 0 unspecified atom stereocenters. The largest absolute Gasteiger partial charge is 0.574 e. The molecule has 1 rings (SSSR count). The summed E-state index contributed by atoms with van der Waals surface area (Å²) in [5, 5.41) is 8.95. The number of anilines is 1. The van der Waals surface area contributed by atoms with E-state index in [9.17, 15) is 22.0 Å². The lowest BCUT2D eigenvalue weighted by Crippen LogP contribution is -2.18. The van der Waals surface area contributed by atoms with Crippen LogP contribution in [0.3, 0.4) is 0 Å². The lowest BCUT2D eigenvalue weighted by Gasteiger charge is -2.11. The molecule has 16 heavy (non-hydrogen) atoms. The molecule has 0 aromatic carbocycles. The summed E-state index contributed by atoms with van der Waals surface area (Å²) in [6.07, 6.45) is -8.15. The summed E-state index contributed by atoms with van der Waals surface area (Å²) < 4.78 is 62.9. The van der Waals surface area contributed by atoms with Crippen molar-refractivity contribution < 1.29 is 31.8 Å². The van der Waals surface area contributed by atoms with Crippen LogP contribution < -0.4 is 10.5 Å². The Balaban J connectivity index is 3.11. The second kappa shape index (κ2) is 3.99. The normalized spacial score (nSPS) is 11.9. The van der Waals surface area contributed by atoms with E-state index in [-0.39, 0.29) is 0 Å². The average molecular weight is 244 g/mol. The standard InChI is InChI=1S/C7H5F5N2O2/c8-4(9)2-1-3(15)6(14-5(2)13)16-7(10,11)12/h1,4,15H,(H2,13,14). The molecule has 0 aliphatic heterocycles. The van der Waals surface area contributed by atoms with E-state index in [1.54, 1.807) is 0 Å². The first-order valence-electron chi connectivity index (χ1n) is 3.74. The van der Waals surface area contributed by atoms with Crippen molar-refractivity contribution in [2.45, 2.75) is 12.8 Å². The third kappa shape index (κ3) is 2.84. The Kier molecular flexibility index (Phi) is 3.06. The van der Waals surface area contributed by atoms with Gasteiger partial charge in [-0.3, -0.25) is 0 Å². The number of hydrogen-bond donors (Lipinski definition) is 2. The van der Waals surface area contributed by atoms with Crippen molar-refractivity contribution >= 4 is 5.82 Å². The zero-order chi connectivity index (χ0) is 12.5. The fourth-order valence-corrected chi connectivity index (χ4v) is 0.874. The van der Waals surface area contributed by atoms with Crippen LogP contribution in [-0.2, 0) is 0 Å². The van der Waals surface area contributed by atoms with E-state index in [1.807, 2.05) is 0 Å². The van der Waals surface area contributed by atoms with Crippen molar-refractivity contribution in [2.75, 3.05) is 5.73 Å². The van der Waals surface area contributed by atoms with Gasteiger partial charge in [0.1, 0.15) is 5.82 Å². The zero-order valence-corrected chi connectivity index (χ0v) is 7.42. The smallest absolute Gasteiger partial charge is 0.503 e. The first-order valence-corrected chi connectivity index (χ1v) is 3.74. The van der Waals surface area contributed by atoms with Gasteiger partial charge in [-0.1, -0.05) is 0 Å². The van der Waals surface area contributed by atoms with Gasteiger partial charge < -0.3 is 15.6 Å². The van der Waals surface area contributed by atoms with Crippen LogP contribution in [0.2, 0.25) is 0 Å². The predicted molar refractivity (Wildman–Crippen MR) is 42.0 cm³/mol. The molecule has 0 aliphatic rings. The number of pyridine rings is 1. The van der Waals surface area contributed by atoms with Gasteiger partial charge in [-0.2, -0.15) is 4.98 Å². The van der Waals surface area contributed by atoms with E-state index < -0.39 is 35.8 Å². The maximum atomic E-state index is 12.2. The molecule has 0 amide bonds. The molecule has 3 N–H and O–H groups in total. The summed E-state index contributed by atoms with van der Waals surface area (Å²) in [4.78, 5) is 2.88. The third-order valence-electron chi connectivity index (χ3n) is 1.48. The van der Waals surface area contributed by atoms with Gasteiger partial charge in [0, 0.05) is 0 Å². The fraction of sp³-hybridized carbons (Fsp3) is 0.286. The van der Waals surface area contributed by atoms with Crippen LogP contribution in [0.1, 0.15) is 12.0 Å². The number of halogens is 5. The number of nitrogen functional groups attached to an aromatic ring is 1. The highest BCUT2D eigenvalue weighted by Crippen LogP contribution is 2.35. The first-order chi connectivity index (χ1) is 7.20. The Morgan fingerprint density at radius 3 is 2.38 bits per heavy atom. The van der Waals surface area contributed by atoms with E-state index in [0.29, 0.717) is 6.07 Å².